The number of ether oxygens (including phenoxy) is 1. The third kappa shape index (κ3) is 4.92. The van der Waals surface area contributed by atoms with E-state index in [-0.39, 0.29) is 11.5 Å². The fourth-order valence-electron chi connectivity index (χ4n) is 4.91. The van der Waals surface area contributed by atoms with Crippen LogP contribution in [0.15, 0.2) is 24.3 Å². The molecule has 4 fully saturated rings. The van der Waals surface area contributed by atoms with Gasteiger partial charge in [0.05, 0.1) is 18.8 Å². The highest BCUT2D eigenvalue weighted by atomic mass is 19.4. The lowest BCUT2D eigenvalue weighted by Crippen LogP contribution is -2.58. The molecular weight excluding hydrogens is 383 g/mol. The van der Waals surface area contributed by atoms with Crippen LogP contribution in [-0.2, 0) is 10.9 Å². The van der Waals surface area contributed by atoms with Crippen LogP contribution in [0.4, 0.5) is 13.2 Å². The van der Waals surface area contributed by atoms with Gasteiger partial charge in [0.25, 0.3) is 5.91 Å². The molecule has 160 valence electrons. The Labute approximate surface area is 169 Å². The van der Waals surface area contributed by atoms with E-state index in [1.165, 1.54) is 18.6 Å². The topological polar surface area (TPSA) is 44.8 Å². The van der Waals surface area contributed by atoms with Gasteiger partial charge in [0.2, 0.25) is 0 Å². The van der Waals surface area contributed by atoms with Crippen molar-refractivity contribution in [3.8, 4) is 0 Å². The van der Waals surface area contributed by atoms with Crippen molar-refractivity contribution in [2.45, 2.75) is 25.1 Å². The summed E-state index contributed by atoms with van der Waals surface area (Å²) in [7, 11) is 0. The minimum absolute atomic E-state index is 0.263. The van der Waals surface area contributed by atoms with Crippen molar-refractivity contribution in [1.29, 1.82) is 0 Å². The summed E-state index contributed by atoms with van der Waals surface area (Å²) < 4.78 is 43.4. The van der Waals surface area contributed by atoms with E-state index in [0.717, 1.165) is 64.5 Å². The van der Waals surface area contributed by atoms with Gasteiger partial charge in [-0.3, -0.25) is 14.6 Å². The van der Waals surface area contributed by atoms with Crippen molar-refractivity contribution in [2.24, 2.45) is 11.8 Å². The molecule has 5 nitrogen and oxygen atoms in total. The Bertz CT molecular complexity index is 704. The Morgan fingerprint density at radius 3 is 2.48 bits per heavy atom. The van der Waals surface area contributed by atoms with Crippen molar-refractivity contribution >= 4 is 5.91 Å². The monoisotopic (exact) mass is 411 g/mol. The number of rotatable bonds is 5. The van der Waals surface area contributed by atoms with Gasteiger partial charge in [-0.05, 0) is 55.5 Å². The van der Waals surface area contributed by atoms with Crippen LogP contribution >= 0.6 is 0 Å². The van der Waals surface area contributed by atoms with E-state index < -0.39 is 11.7 Å². The molecule has 29 heavy (non-hydrogen) atoms. The SMILES string of the molecule is O=C(NCC1CC2CCN1CC2CN1CCOCC1)c1ccc(C(F)(F)F)cc1. The number of alkyl halides is 3. The highest BCUT2D eigenvalue weighted by molar-refractivity contribution is 5.94. The van der Waals surface area contributed by atoms with Crippen LogP contribution in [-0.4, -0.2) is 74.2 Å². The summed E-state index contributed by atoms with van der Waals surface area (Å²) in [6, 6.07) is 4.70. The van der Waals surface area contributed by atoms with Crippen molar-refractivity contribution in [3.63, 3.8) is 0 Å². The predicted octanol–water partition coefficient (Wildman–Crippen LogP) is 2.48. The summed E-state index contributed by atoms with van der Waals surface area (Å²) >= 11 is 0. The molecule has 8 heteroatoms. The molecule has 1 N–H and O–H groups in total. The summed E-state index contributed by atoms with van der Waals surface area (Å²) in [5.74, 6) is 1.03. The number of carbonyl (C=O) groups excluding carboxylic acids is 1. The Balaban J connectivity index is 1.27. The predicted molar refractivity (Wildman–Crippen MR) is 103 cm³/mol. The first-order chi connectivity index (χ1) is 13.9. The molecule has 4 atom stereocenters. The summed E-state index contributed by atoms with van der Waals surface area (Å²) in [6.07, 6.45) is -2.11. The number of benzene rings is 1. The molecule has 4 unspecified atom stereocenters. The molecule has 2 bridgehead atoms. The number of carbonyl (C=O) groups is 1. The van der Waals surface area contributed by atoms with Gasteiger partial charge in [-0.25, -0.2) is 0 Å². The Morgan fingerprint density at radius 2 is 1.86 bits per heavy atom. The normalized spacial score (nSPS) is 30.3. The quantitative estimate of drug-likeness (QED) is 0.809. The second kappa shape index (κ2) is 8.62. The lowest BCUT2D eigenvalue weighted by Gasteiger charge is -2.51. The number of hydrogen-bond donors (Lipinski definition) is 1. The van der Waals surface area contributed by atoms with E-state index in [1.54, 1.807) is 0 Å². The van der Waals surface area contributed by atoms with Crippen LogP contribution in [0.1, 0.15) is 28.8 Å². The van der Waals surface area contributed by atoms with Crippen molar-refractivity contribution < 1.29 is 22.7 Å². The van der Waals surface area contributed by atoms with Gasteiger partial charge in [-0.2, -0.15) is 13.2 Å². The summed E-state index contributed by atoms with van der Waals surface area (Å²) in [6.45, 7) is 7.44. The fourth-order valence-corrected chi connectivity index (χ4v) is 4.91. The highest BCUT2D eigenvalue weighted by Gasteiger charge is 2.40. The average molecular weight is 411 g/mol. The van der Waals surface area contributed by atoms with Crippen LogP contribution in [0, 0.1) is 11.8 Å². The van der Waals surface area contributed by atoms with Gasteiger partial charge in [0, 0.05) is 44.3 Å². The van der Waals surface area contributed by atoms with Gasteiger partial charge < -0.3 is 10.1 Å². The van der Waals surface area contributed by atoms with Crippen LogP contribution in [0.2, 0.25) is 0 Å². The maximum Gasteiger partial charge on any atom is 0.416 e. The Kier molecular flexibility index (Phi) is 6.13. The van der Waals surface area contributed by atoms with E-state index >= 15 is 0 Å². The molecule has 1 aromatic rings. The largest absolute Gasteiger partial charge is 0.416 e. The number of amides is 1. The molecular formula is C21H28F3N3O2. The van der Waals surface area contributed by atoms with Gasteiger partial charge in [0.15, 0.2) is 0 Å². The number of morpholine rings is 1. The van der Waals surface area contributed by atoms with Crippen molar-refractivity contribution in [3.05, 3.63) is 35.4 Å². The summed E-state index contributed by atoms with van der Waals surface area (Å²) in [5.41, 5.74) is -0.477. The number of fused-ring (bicyclic) bond motifs is 3. The molecule has 0 saturated carbocycles. The first-order valence-electron chi connectivity index (χ1n) is 10.4. The second-order valence-electron chi connectivity index (χ2n) is 8.39. The Hall–Kier alpha value is -1.64. The van der Waals surface area contributed by atoms with Crippen LogP contribution < -0.4 is 5.32 Å². The molecule has 4 aliphatic rings. The van der Waals surface area contributed by atoms with Gasteiger partial charge in [-0.1, -0.05) is 0 Å². The zero-order chi connectivity index (χ0) is 20.4. The second-order valence-corrected chi connectivity index (χ2v) is 8.39. The summed E-state index contributed by atoms with van der Waals surface area (Å²) in [4.78, 5) is 17.3. The molecule has 1 aromatic carbocycles. The molecule has 0 aliphatic carbocycles. The average Bonchev–Trinajstić information content (AvgIpc) is 2.73. The van der Waals surface area contributed by atoms with Crippen molar-refractivity contribution in [1.82, 2.24) is 15.1 Å². The molecule has 5 rings (SSSR count). The standard InChI is InChI=1S/C21H28F3N3O2/c22-21(23,24)18-3-1-15(2-4-18)20(28)25-12-19-11-16-5-6-27(19)14-17(16)13-26-7-9-29-10-8-26/h1-4,16-17,19H,5-14H2,(H,25,28). The third-order valence-corrected chi connectivity index (χ3v) is 6.58. The summed E-state index contributed by atoms with van der Waals surface area (Å²) in [5, 5.41) is 2.92. The molecule has 0 spiro atoms. The number of nitrogens with zero attached hydrogens (tertiary/aromatic N) is 2. The van der Waals surface area contributed by atoms with Crippen LogP contribution in [0.25, 0.3) is 0 Å². The van der Waals surface area contributed by atoms with Crippen LogP contribution in [0.5, 0.6) is 0 Å². The minimum Gasteiger partial charge on any atom is -0.379 e. The zero-order valence-corrected chi connectivity index (χ0v) is 16.5. The molecule has 4 saturated heterocycles. The number of hydrogen-bond acceptors (Lipinski definition) is 4. The van der Waals surface area contributed by atoms with E-state index in [0.29, 0.717) is 24.4 Å². The first kappa shape index (κ1) is 20.6. The maximum absolute atomic E-state index is 12.7. The first-order valence-corrected chi connectivity index (χ1v) is 10.4. The molecule has 1 amide bonds. The fraction of sp³-hybridized carbons (Fsp3) is 0.667. The lowest BCUT2D eigenvalue weighted by molar-refractivity contribution is -0.137. The van der Waals surface area contributed by atoms with Gasteiger partial charge in [-0.15, -0.1) is 0 Å². The number of nitrogens with one attached hydrogen (secondary N) is 1. The minimum atomic E-state index is -4.39. The van der Waals surface area contributed by atoms with E-state index in [1.807, 2.05) is 0 Å². The number of halogens is 3. The Morgan fingerprint density at radius 1 is 1.14 bits per heavy atom. The van der Waals surface area contributed by atoms with E-state index in [9.17, 15) is 18.0 Å². The third-order valence-electron chi connectivity index (χ3n) is 6.58. The van der Waals surface area contributed by atoms with Gasteiger partial charge in [0.1, 0.15) is 0 Å². The van der Waals surface area contributed by atoms with E-state index in [2.05, 4.69) is 15.1 Å². The molecule has 4 aliphatic heterocycles. The smallest absolute Gasteiger partial charge is 0.379 e. The van der Waals surface area contributed by atoms with Crippen molar-refractivity contribution in [2.75, 3.05) is 52.5 Å². The zero-order valence-electron chi connectivity index (χ0n) is 16.5. The van der Waals surface area contributed by atoms with E-state index in [4.69, 9.17) is 4.74 Å². The molecule has 0 radical (unpaired) electrons. The molecule has 0 aromatic heterocycles. The highest BCUT2D eigenvalue weighted by Crippen LogP contribution is 2.36. The van der Waals surface area contributed by atoms with Gasteiger partial charge >= 0.3 is 6.18 Å². The number of piperidine rings is 3. The molecule has 4 heterocycles. The van der Waals surface area contributed by atoms with Crippen LogP contribution in [0.3, 0.4) is 0 Å². The lowest BCUT2D eigenvalue weighted by atomic mass is 9.75. The maximum atomic E-state index is 12.7.